The number of anilines is 1. The highest BCUT2D eigenvalue weighted by molar-refractivity contribution is 5.34. The van der Waals surface area contributed by atoms with Gasteiger partial charge in [-0.25, -0.2) is 4.98 Å². The summed E-state index contributed by atoms with van der Waals surface area (Å²) < 4.78 is 5.62. The van der Waals surface area contributed by atoms with E-state index >= 15 is 0 Å². The van der Waals surface area contributed by atoms with Crippen LogP contribution in [0.5, 0.6) is 5.88 Å². The molecule has 0 amide bonds. The van der Waals surface area contributed by atoms with Crippen LogP contribution in [0.15, 0.2) is 6.07 Å². The molecule has 4 heteroatoms. The highest BCUT2D eigenvalue weighted by Gasteiger charge is 2.36. The van der Waals surface area contributed by atoms with Gasteiger partial charge in [0.15, 0.2) is 0 Å². The summed E-state index contributed by atoms with van der Waals surface area (Å²) >= 11 is 0. The van der Waals surface area contributed by atoms with Crippen molar-refractivity contribution in [2.75, 3.05) is 5.32 Å². The lowest BCUT2D eigenvalue weighted by Crippen LogP contribution is -2.12. The highest BCUT2D eigenvalue weighted by Crippen LogP contribution is 2.36. The monoisotopic (exact) mass is 249 g/mol. The third-order valence-corrected chi connectivity index (χ3v) is 3.08. The van der Waals surface area contributed by atoms with Gasteiger partial charge >= 0.3 is 0 Å². The van der Waals surface area contributed by atoms with Crippen molar-refractivity contribution in [3.05, 3.63) is 11.8 Å². The second kappa shape index (κ2) is 5.55. The number of hydrogen-bond acceptors (Lipinski definition) is 4. The Hall–Kier alpha value is -1.32. The van der Waals surface area contributed by atoms with Gasteiger partial charge in [0.25, 0.3) is 0 Å². The van der Waals surface area contributed by atoms with Crippen LogP contribution in [0, 0.1) is 12.8 Å². The average molecular weight is 249 g/mol. The molecule has 2 atom stereocenters. The number of aryl methyl sites for hydroxylation is 1. The molecular weight excluding hydrogens is 226 g/mol. The van der Waals surface area contributed by atoms with Gasteiger partial charge < -0.3 is 10.1 Å². The van der Waals surface area contributed by atoms with E-state index in [1.54, 1.807) is 0 Å². The Morgan fingerprint density at radius 2 is 2.22 bits per heavy atom. The number of hydrogen-bond donors (Lipinski definition) is 1. The van der Waals surface area contributed by atoms with Crippen molar-refractivity contribution in [2.45, 2.75) is 59.1 Å². The summed E-state index contributed by atoms with van der Waals surface area (Å²) in [6.45, 7) is 8.20. The molecular formula is C14H23N3O. The summed E-state index contributed by atoms with van der Waals surface area (Å²) in [4.78, 5) is 8.82. The fraction of sp³-hybridized carbons (Fsp3) is 0.714. The van der Waals surface area contributed by atoms with E-state index in [2.05, 4.69) is 22.2 Å². The van der Waals surface area contributed by atoms with Gasteiger partial charge in [-0.15, -0.1) is 0 Å². The van der Waals surface area contributed by atoms with Gasteiger partial charge in [0.1, 0.15) is 0 Å². The Kier molecular flexibility index (Phi) is 4.04. The fourth-order valence-electron chi connectivity index (χ4n) is 2.19. The van der Waals surface area contributed by atoms with Crippen molar-refractivity contribution in [1.82, 2.24) is 9.97 Å². The van der Waals surface area contributed by atoms with Crippen LogP contribution in [0.25, 0.3) is 0 Å². The lowest BCUT2D eigenvalue weighted by molar-refractivity contribution is 0.232. The zero-order chi connectivity index (χ0) is 13.1. The molecule has 100 valence electrons. The molecule has 1 aliphatic carbocycles. The summed E-state index contributed by atoms with van der Waals surface area (Å²) in [5, 5.41) is 3.40. The first-order valence-corrected chi connectivity index (χ1v) is 6.87. The SMILES string of the molecule is CCCC1CC1Nc1nc(C)cc(OC(C)C)n1. The molecule has 2 unspecified atom stereocenters. The van der Waals surface area contributed by atoms with Crippen LogP contribution in [0.2, 0.25) is 0 Å². The maximum absolute atomic E-state index is 5.62. The van der Waals surface area contributed by atoms with Crippen molar-refractivity contribution >= 4 is 5.95 Å². The third-order valence-electron chi connectivity index (χ3n) is 3.08. The van der Waals surface area contributed by atoms with Gasteiger partial charge in [-0.3, -0.25) is 0 Å². The van der Waals surface area contributed by atoms with Crippen molar-refractivity contribution in [3.8, 4) is 5.88 Å². The zero-order valence-corrected chi connectivity index (χ0v) is 11.7. The van der Waals surface area contributed by atoms with Gasteiger partial charge in [-0.1, -0.05) is 13.3 Å². The van der Waals surface area contributed by atoms with E-state index in [0.717, 1.165) is 11.6 Å². The molecule has 1 N–H and O–H groups in total. The maximum Gasteiger partial charge on any atom is 0.226 e. The number of nitrogens with one attached hydrogen (secondary N) is 1. The zero-order valence-electron chi connectivity index (χ0n) is 11.7. The average Bonchev–Trinajstić information content (AvgIpc) is 2.94. The highest BCUT2D eigenvalue weighted by atomic mass is 16.5. The number of rotatable bonds is 6. The lowest BCUT2D eigenvalue weighted by atomic mass is 10.2. The van der Waals surface area contributed by atoms with E-state index in [1.165, 1.54) is 19.3 Å². The molecule has 2 rings (SSSR count). The number of aromatic nitrogens is 2. The summed E-state index contributed by atoms with van der Waals surface area (Å²) in [6, 6.07) is 2.43. The number of nitrogens with zero attached hydrogens (tertiary/aromatic N) is 2. The van der Waals surface area contributed by atoms with Crippen LogP contribution in [-0.4, -0.2) is 22.1 Å². The van der Waals surface area contributed by atoms with Crippen molar-refractivity contribution in [1.29, 1.82) is 0 Å². The summed E-state index contributed by atoms with van der Waals surface area (Å²) in [7, 11) is 0. The topological polar surface area (TPSA) is 47.0 Å². The van der Waals surface area contributed by atoms with Crippen molar-refractivity contribution in [2.24, 2.45) is 5.92 Å². The first kappa shape index (κ1) is 13.1. The Labute approximate surface area is 109 Å². The van der Waals surface area contributed by atoms with E-state index in [0.29, 0.717) is 17.9 Å². The lowest BCUT2D eigenvalue weighted by Gasteiger charge is -2.11. The first-order chi connectivity index (χ1) is 8.58. The Bertz CT molecular complexity index is 406. The minimum Gasteiger partial charge on any atom is -0.475 e. The van der Waals surface area contributed by atoms with E-state index in [9.17, 15) is 0 Å². The van der Waals surface area contributed by atoms with Gasteiger partial charge in [0.05, 0.1) is 6.10 Å². The van der Waals surface area contributed by atoms with Crippen LogP contribution >= 0.6 is 0 Å². The molecule has 0 radical (unpaired) electrons. The van der Waals surface area contributed by atoms with E-state index in [4.69, 9.17) is 4.74 Å². The molecule has 0 bridgehead atoms. The largest absolute Gasteiger partial charge is 0.475 e. The Balaban J connectivity index is 1.98. The molecule has 1 saturated carbocycles. The molecule has 1 aromatic rings. The Morgan fingerprint density at radius 3 is 2.89 bits per heavy atom. The maximum atomic E-state index is 5.62. The standard InChI is InChI=1S/C14H23N3O/c1-5-6-11-8-12(11)16-14-15-10(4)7-13(17-14)18-9(2)3/h7,9,11-12H,5-6,8H2,1-4H3,(H,15,16,17). The molecule has 1 fully saturated rings. The second-order valence-electron chi connectivity index (χ2n) is 5.37. The summed E-state index contributed by atoms with van der Waals surface area (Å²) in [5.74, 6) is 2.16. The quantitative estimate of drug-likeness (QED) is 0.841. The third kappa shape index (κ3) is 3.59. The molecule has 18 heavy (non-hydrogen) atoms. The van der Waals surface area contributed by atoms with E-state index in [-0.39, 0.29) is 6.10 Å². The predicted molar refractivity (Wildman–Crippen MR) is 73.0 cm³/mol. The van der Waals surface area contributed by atoms with Crippen molar-refractivity contribution < 1.29 is 4.74 Å². The molecule has 0 aliphatic heterocycles. The van der Waals surface area contributed by atoms with Gasteiger partial charge in [0, 0.05) is 17.8 Å². The minimum atomic E-state index is 0.140. The van der Waals surface area contributed by atoms with Crippen LogP contribution < -0.4 is 10.1 Å². The molecule has 0 spiro atoms. The molecule has 1 aromatic heterocycles. The van der Waals surface area contributed by atoms with Crippen LogP contribution in [0.4, 0.5) is 5.95 Å². The molecule has 0 saturated heterocycles. The van der Waals surface area contributed by atoms with Gasteiger partial charge in [0.2, 0.25) is 11.8 Å². The molecule has 0 aromatic carbocycles. The van der Waals surface area contributed by atoms with Crippen LogP contribution in [-0.2, 0) is 0 Å². The molecule has 1 aliphatic rings. The van der Waals surface area contributed by atoms with E-state index < -0.39 is 0 Å². The minimum absolute atomic E-state index is 0.140. The van der Waals surface area contributed by atoms with Crippen LogP contribution in [0.1, 0.15) is 45.7 Å². The normalized spacial score (nSPS) is 22.1. The fourth-order valence-corrected chi connectivity index (χ4v) is 2.19. The predicted octanol–water partition coefficient (Wildman–Crippen LogP) is 3.17. The molecule has 4 nitrogen and oxygen atoms in total. The smallest absolute Gasteiger partial charge is 0.226 e. The molecule has 1 heterocycles. The van der Waals surface area contributed by atoms with E-state index in [1.807, 2.05) is 26.8 Å². The summed E-state index contributed by atoms with van der Waals surface area (Å²) in [6.07, 6.45) is 3.92. The Morgan fingerprint density at radius 1 is 1.44 bits per heavy atom. The van der Waals surface area contributed by atoms with Crippen LogP contribution in [0.3, 0.4) is 0 Å². The first-order valence-electron chi connectivity index (χ1n) is 6.87. The second-order valence-corrected chi connectivity index (χ2v) is 5.37. The number of ether oxygens (including phenoxy) is 1. The van der Waals surface area contributed by atoms with Crippen molar-refractivity contribution in [3.63, 3.8) is 0 Å². The summed E-state index contributed by atoms with van der Waals surface area (Å²) in [5.41, 5.74) is 0.941. The van der Waals surface area contributed by atoms with Gasteiger partial charge in [-0.2, -0.15) is 4.98 Å². The van der Waals surface area contributed by atoms with Gasteiger partial charge in [-0.05, 0) is 39.5 Å².